The number of carbonyl (C=O) groups is 2. The molecule has 4 atom stereocenters. The van der Waals surface area contributed by atoms with E-state index in [0.717, 1.165) is 25.7 Å². The lowest BCUT2D eigenvalue weighted by Gasteiger charge is -2.43. The van der Waals surface area contributed by atoms with Crippen molar-refractivity contribution in [1.82, 2.24) is 5.32 Å². The molecule has 1 aliphatic carbocycles. The number of carboxylic acids is 1. The fourth-order valence-corrected chi connectivity index (χ4v) is 3.46. The van der Waals surface area contributed by atoms with E-state index in [1.165, 1.54) is 0 Å². The number of rotatable bonds is 2. The SMILES string of the molecule is CC(C)(C)OC(=O)C1NC(C(=O)O)CC2CCCCC21.Cl. The summed E-state index contributed by atoms with van der Waals surface area (Å²) in [6.07, 6.45) is 4.87. The number of carbonyl (C=O) groups excluding carboxylic acids is 1. The highest BCUT2D eigenvalue weighted by Crippen LogP contribution is 2.39. The van der Waals surface area contributed by atoms with Crippen LogP contribution in [0.5, 0.6) is 0 Å². The van der Waals surface area contributed by atoms with Crippen LogP contribution in [0.25, 0.3) is 0 Å². The van der Waals surface area contributed by atoms with E-state index < -0.39 is 23.7 Å². The predicted octanol–water partition coefficient (Wildman–Crippen LogP) is 2.37. The topological polar surface area (TPSA) is 75.6 Å². The van der Waals surface area contributed by atoms with Crippen molar-refractivity contribution < 1.29 is 19.4 Å². The first-order chi connectivity index (χ1) is 9.28. The molecule has 0 radical (unpaired) electrons. The molecule has 2 fully saturated rings. The van der Waals surface area contributed by atoms with E-state index in [2.05, 4.69) is 5.32 Å². The van der Waals surface area contributed by atoms with Gasteiger partial charge in [0, 0.05) is 0 Å². The van der Waals surface area contributed by atoms with Gasteiger partial charge in [0.05, 0.1) is 0 Å². The first-order valence-electron chi connectivity index (χ1n) is 7.49. The van der Waals surface area contributed by atoms with Gasteiger partial charge >= 0.3 is 11.9 Å². The van der Waals surface area contributed by atoms with Gasteiger partial charge in [-0.2, -0.15) is 0 Å². The number of aliphatic carboxylic acids is 1. The van der Waals surface area contributed by atoms with Crippen LogP contribution >= 0.6 is 12.4 Å². The molecule has 0 spiro atoms. The van der Waals surface area contributed by atoms with E-state index in [1.54, 1.807) is 0 Å². The molecule has 2 rings (SSSR count). The highest BCUT2D eigenvalue weighted by Gasteiger charge is 2.45. The largest absolute Gasteiger partial charge is 0.480 e. The number of piperidine rings is 1. The minimum atomic E-state index is -0.873. The van der Waals surface area contributed by atoms with E-state index in [1.807, 2.05) is 20.8 Å². The quantitative estimate of drug-likeness (QED) is 0.764. The number of esters is 1. The van der Waals surface area contributed by atoms with E-state index in [4.69, 9.17) is 4.74 Å². The van der Waals surface area contributed by atoms with Crippen LogP contribution in [0.15, 0.2) is 0 Å². The van der Waals surface area contributed by atoms with Crippen LogP contribution in [-0.4, -0.2) is 34.7 Å². The third kappa shape index (κ3) is 4.58. The molecule has 1 heterocycles. The number of nitrogens with one attached hydrogen (secondary N) is 1. The van der Waals surface area contributed by atoms with Gasteiger partial charge in [-0.25, -0.2) is 0 Å². The molecule has 6 heteroatoms. The van der Waals surface area contributed by atoms with Crippen molar-refractivity contribution in [3.05, 3.63) is 0 Å². The fourth-order valence-electron chi connectivity index (χ4n) is 3.46. The maximum Gasteiger partial charge on any atom is 0.323 e. The molecule has 0 aromatic heterocycles. The summed E-state index contributed by atoms with van der Waals surface area (Å²) in [5.41, 5.74) is -0.543. The van der Waals surface area contributed by atoms with E-state index in [0.29, 0.717) is 12.3 Å². The molecule has 5 nitrogen and oxygen atoms in total. The van der Waals surface area contributed by atoms with Crippen LogP contribution in [0, 0.1) is 11.8 Å². The molecule has 1 aliphatic heterocycles. The molecular weight excluding hydrogens is 294 g/mol. The van der Waals surface area contributed by atoms with Gasteiger partial charge in [0.15, 0.2) is 0 Å². The van der Waals surface area contributed by atoms with Gasteiger partial charge in [0.1, 0.15) is 17.7 Å². The van der Waals surface area contributed by atoms with Gasteiger partial charge in [-0.05, 0) is 45.4 Å². The molecule has 0 bridgehead atoms. The number of hydrogen-bond acceptors (Lipinski definition) is 4. The summed E-state index contributed by atoms with van der Waals surface area (Å²) < 4.78 is 5.46. The van der Waals surface area contributed by atoms with Crippen LogP contribution in [0.2, 0.25) is 0 Å². The average molecular weight is 320 g/mol. The van der Waals surface area contributed by atoms with Crippen molar-refractivity contribution in [3.8, 4) is 0 Å². The van der Waals surface area contributed by atoms with Crippen LogP contribution in [0.4, 0.5) is 0 Å². The Labute approximate surface area is 132 Å². The average Bonchev–Trinajstić information content (AvgIpc) is 2.35. The van der Waals surface area contributed by atoms with Crippen molar-refractivity contribution in [2.75, 3.05) is 0 Å². The maximum atomic E-state index is 12.4. The highest BCUT2D eigenvalue weighted by molar-refractivity contribution is 5.85. The molecule has 4 unspecified atom stereocenters. The molecule has 21 heavy (non-hydrogen) atoms. The summed E-state index contributed by atoms with van der Waals surface area (Å²) >= 11 is 0. The zero-order chi connectivity index (χ0) is 14.9. The monoisotopic (exact) mass is 319 g/mol. The van der Waals surface area contributed by atoms with Crippen molar-refractivity contribution in [2.45, 2.75) is 70.6 Å². The Kier molecular flexibility index (Phi) is 6.05. The van der Waals surface area contributed by atoms with Crippen LogP contribution in [0.3, 0.4) is 0 Å². The Morgan fingerprint density at radius 1 is 1.19 bits per heavy atom. The summed E-state index contributed by atoms with van der Waals surface area (Å²) in [5, 5.41) is 12.2. The Bertz CT molecular complexity index is 394. The van der Waals surface area contributed by atoms with Crippen LogP contribution < -0.4 is 5.32 Å². The summed E-state index contributed by atoms with van der Waals surface area (Å²) in [6, 6.07) is -1.11. The molecule has 2 aliphatic rings. The first kappa shape index (κ1) is 18.2. The molecule has 0 aromatic rings. The first-order valence-corrected chi connectivity index (χ1v) is 7.49. The second-order valence-electron chi connectivity index (χ2n) is 7.01. The van der Waals surface area contributed by atoms with Crippen molar-refractivity contribution in [3.63, 3.8) is 0 Å². The second-order valence-corrected chi connectivity index (χ2v) is 7.01. The number of hydrogen-bond donors (Lipinski definition) is 2. The number of carboxylic acid groups (broad SMARTS) is 1. The molecule has 122 valence electrons. The molecule has 0 aromatic carbocycles. The molecule has 1 saturated carbocycles. The third-order valence-electron chi connectivity index (χ3n) is 4.27. The van der Waals surface area contributed by atoms with Gasteiger partial charge in [0.2, 0.25) is 0 Å². The van der Waals surface area contributed by atoms with Crippen LogP contribution in [0.1, 0.15) is 52.9 Å². The van der Waals surface area contributed by atoms with Crippen LogP contribution in [-0.2, 0) is 14.3 Å². The van der Waals surface area contributed by atoms with Gasteiger partial charge in [-0.3, -0.25) is 14.9 Å². The molecule has 2 N–H and O–H groups in total. The molecule has 1 saturated heterocycles. The van der Waals surface area contributed by atoms with Gasteiger partial charge in [-0.15, -0.1) is 12.4 Å². The Balaban J connectivity index is 0.00000220. The highest BCUT2D eigenvalue weighted by atomic mass is 35.5. The van der Waals surface area contributed by atoms with Gasteiger partial charge in [0.25, 0.3) is 0 Å². The zero-order valence-electron chi connectivity index (χ0n) is 12.9. The van der Waals surface area contributed by atoms with Crippen molar-refractivity contribution in [2.24, 2.45) is 11.8 Å². The second kappa shape index (κ2) is 6.97. The van der Waals surface area contributed by atoms with Gasteiger partial charge < -0.3 is 9.84 Å². The summed E-state index contributed by atoms with van der Waals surface area (Å²) in [6.45, 7) is 5.50. The summed E-state index contributed by atoms with van der Waals surface area (Å²) in [7, 11) is 0. The minimum Gasteiger partial charge on any atom is -0.480 e. The smallest absolute Gasteiger partial charge is 0.323 e. The minimum absolute atomic E-state index is 0. The molecule has 0 amide bonds. The summed E-state index contributed by atoms with van der Waals surface area (Å²) in [5.74, 6) is -0.638. The van der Waals surface area contributed by atoms with E-state index >= 15 is 0 Å². The number of halogens is 1. The van der Waals surface area contributed by atoms with Crippen molar-refractivity contribution >= 4 is 24.3 Å². The lowest BCUT2D eigenvalue weighted by Crippen LogP contribution is -2.59. The third-order valence-corrected chi connectivity index (χ3v) is 4.27. The number of fused-ring (bicyclic) bond motifs is 1. The number of ether oxygens (including phenoxy) is 1. The lowest BCUT2D eigenvalue weighted by atomic mass is 9.70. The standard InChI is InChI=1S/C15H25NO4.ClH/c1-15(2,3)20-14(19)12-10-7-5-4-6-9(10)8-11(16-12)13(17)18;/h9-12,16H,4-8H2,1-3H3,(H,17,18);1H. The van der Waals surface area contributed by atoms with E-state index in [9.17, 15) is 14.7 Å². The zero-order valence-corrected chi connectivity index (χ0v) is 13.7. The van der Waals surface area contributed by atoms with Crippen molar-refractivity contribution in [1.29, 1.82) is 0 Å². The molecular formula is C15H26ClNO4. The van der Waals surface area contributed by atoms with Gasteiger partial charge in [-0.1, -0.05) is 19.3 Å². The Morgan fingerprint density at radius 2 is 1.81 bits per heavy atom. The maximum absolute atomic E-state index is 12.4. The lowest BCUT2D eigenvalue weighted by molar-refractivity contribution is -0.163. The van der Waals surface area contributed by atoms with E-state index in [-0.39, 0.29) is 24.3 Å². The Morgan fingerprint density at radius 3 is 2.38 bits per heavy atom. The normalized spacial score (nSPS) is 32.5. The summed E-state index contributed by atoms with van der Waals surface area (Å²) in [4.78, 5) is 23.6. The fraction of sp³-hybridized carbons (Fsp3) is 0.867. The Hall–Kier alpha value is -0.810. The predicted molar refractivity (Wildman–Crippen MR) is 81.5 cm³/mol.